The van der Waals surface area contributed by atoms with Gasteiger partial charge in [0.25, 0.3) is 0 Å². The zero-order chi connectivity index (χ0) is 19.3. The van der Waals surface area contributed by atoms with Crippen LogP contribution in [0.15, 0.2) is 11.4 Å². The van der Waals surface area contributed by atoms with Crippen LogP contribution < -0.4 is 5.32 Å². The van der Waals surface area contributed by atoms with Crippen molar-refractivity contribution in [2.24, 2.45) is 5.92 Å². The summed E-state index contributed by atoms with van der Waals surface area (Å²) in [5.74, 6) is 0.382. The molecule has 2 rings (SSSR count). The van der Waals surface area contributed by atoms with Gasteiger partial charge in [0.2, 0.25) is 5.82 Å². The highest BCUT2D eigenvalue weighted by Gasteiger charge is 2.28. The Balaban J connectivity index is 1.99. The third-order valence-electron chi connectivity index (χ3n) is 3.86. The van der Waals surface area contributed by atoms with Crippen molar-refractivity contribution in [2.45, 2.75) is 44.4 Å². The fourth-order valence-corrected chi connectivity index (χ4v) is 3.03. The second-order valence-corrected chi connectivity index (χ2v) is 7.94. The number of aromatic nitrogens is 2. The lowest BCUT2D eigenvalue weighted by Crippen LogP contribution is -2.44. The lowest BCUT2D eigenvalue weighted by molar-refractivity contribution is -0.384. The van der Waals surface area contributed by atoms with Crippen molar-refractivity contribution in [3.05, 3.63) is 16.3 Å². The van der Waals surface area contributed by atoms with E-state index in [4.69, 9.17) is 4.74 Å². The van der Waals surface area contributed by atoms with E-state index in [1.165, 1.54) is 18.0 Å². The highest BCUT2D eigenvalue weighted by Crippen LogP contribution is 2.25. The van der Waals surface area contributed by atoms with E-state index in [1.54, 1.807) is 4.90 Å². The molecular formula is C16H25N5O4S. The molecule has 0 radical (unpaired) electrons. The number of nitrogens with one attached hydrogen (secondary N) is 1. The highest BCUT2D eigenvalue weighted by atomic mass is 32.2. The second-order valence-electron chi connectivity index (χ2n) is 7.16. The molecule has 10 heteroatoms. The number of hydrogen-bond donors (Lipinski definition) is 1. The van der Waals surface area contributed by atoms with E-state index in [0.717, 1.165) is 12.8 Å². The first-order valence-corrected chi connectivity index (χ1v) is 9.69. The maximum absolute atomic E-state index is 12.2. The summed E-state index contributed by atoms with van der Waals surface area (Å²) in [5, 5.41) is 14.7. The third-order valence-corrected chi connectivity index (χ3v) is 4.42. The number of carbonyl (C=O) groups excluding carboxylic acids is 1. The summed E-state index contributed by atoms with van der Waals surface area (Å²) in [6.07, 6.45) is 4.51. The Bertz CT molecular complexity index is 665. The van der Waals surface area contributed by atoms with Crippen LogP contribution >= 0.6 is 11.8 Å². The molecule has 1 aromatic heterocycles. The summed E-state index contributed by atoms with van der Waals surface area (Å²) < 4.78 is 5.42. The molecule has 1 aliphatic heterocycles. The van der Waals surface area contributed by atoms with Gasteiger partial charge in [-0.05, 0) is 45.8 Å². The van der Waals surface area contributed by atoms with Crippen molar-refractivity contribution in [3.63, 3.8) is 0 Å². The van der Waals surface area contributed by atoms with Gasteiger partial charge in [0.05, 0.1) is 4.92 Å². The minimum absolute atomic E-state index is 0.150. The molecule has 0 aromatic carbocycles. The van der Waals surface area contributed by atoms with Gasteiger partial charge in [0, 0.05) is 19.6 Å². The number of rotatable bonds is 5. The Hall–Kier alpha value is -2.10. The average Bonchev–Trinajstić information content (AvgIpc) is 2.58. The largest absolute Gasteiger partial charge is 0.444 e. The molecule has 1 aromatic rings. The third kappa shape index (κ3) is 5.72. The van der Waals surface area contributed by atoms with Crippen LogP contribution in [0.2, 0.25) is 0 Å². The number of ether oxygens (including phenoxy) is 1. The molecule has 1 saturated heterocycles. The highest BCUT2D eigenvalue weighted by molar-refractivity contribution is 7.98. The number of anilines is 1. The summed E-state index contributed by atoms with van der Waals surface area (Å²) >= 11 is 1.32. The minimum Gasteiger partial charge on any atom is -0.444 e. The topological polar surface area (TPSA) is 110 Å². The van der Waals surface area contributed by atoms with Gasteiger partial charge in [0.15, 0.2) is 5.16 Å². The Kier molecular flexibility index (Phi) is 6.63. The molecule has 0 unspecified atom stereocenters. The van der Waals surface area contributed by atoms with Gasteiger partial charge in [-0.25, -0.2) is 9.78 Å². The quantitative estimate of drug-likeness (QED) is 0.357. The number of hydrogen-bond acceptors (Lipinski definition) is 8. The normalized spacial score (nSPS) is 17.7. The van der Waals surface area contributed by atoms with E-state index in [1.807, 2.05) is 27.0 Å². The lowest BCUT2D eigenvalue weighted by atomic mass is 9.98. The molecule has 144 valence electrons. The van der Waals surface area contributed by atoms with Crippen molar-refractivity contribution in [2.75, 3.05) is 31.2 Å². The van der Waals surface area contributed by atoms with E-state index in [2.05, 4.69) is 15.3 Å². The van der Waals surface area contributed by atoms with Gasteiger partial charge < -0.3 is 15.0 Å². The van der Waals surface area contributed by atoms with E-state index in [9.17, 15) is 14.9 Å². The van der Waals surface area contributed by atoms with Gasteiger partial charge in [-0.15, -0.1) is 0 Å². The monoisotopic (exact) mass is 383 g/mol. The summed E-state index contributed by atoms with van der Waals surface area (Å²) in [5.41, 5.74) is -0.680. The van der Waals surface area contributed by atoms with Crippen LogP contribution in [0.4, 0.5) is 16.3 Å². The molecule has 0 bridgehead atoms. The van der Waals surface area contributed by atoms with Crippen LogP contribution in [-0.4, -0.2) is 57.4 Å². The zero-order valence-corrected chi connectivity index (χ0v) is 16.3. The smallest absolute Gasteiger partial charge is 0.410 e. The predicted molar refractivity (Wildman–Crippen MR) is 99.5 cm³/mol. The molecule has 1 fully saturated rings. The summed E-state index contributed by atoms with van der Waals surface area (Å²) in [6, 6.07) is 0. The van der Waals surface area contributed by atoms with Crippen LogP contribution in [0, 0.1) is 16.0 Å². The first-order valence-electron chi connectivity index (χ1n) is 8.47. The summed E-state index contributed by atoms with van der Waals surface area (Å²) in [4.78, 5) is 32.7. The summed E-state index contributed by atoms with van der Waals surface area (Å²) in [6.45, 7) is 7.22. The number of nitrogens with zero attached hydrogens (tertiary/aromatic N) is 4. The van der Waals surface area contributed by atoms with E-state index >= 15 is 0 Å². The SMILES string of the molecule is CSc1ncc([N+](=O)[O-])c(NC[C@@H]2CCCN(C(=O)OC(C)(C)C)C2)n1. The first kappa shape index (κ1) is 20.2. The molecule has 0 spiro atoms. The Morgan fingerprint density at radius 1 is 1.54 bits per heavy atom. The molecule has 1 amide bonds. The van der Waals surface area contributed by atoms with Gasteiger partial charge in [-0.2, -0.15) is 4.98 Å². The number of amides is 1. The molecule has 9 nitrogen and oxygen atoms in total. The van der Waals surface area contributed by atoms with Crippen LogP contribution in [0.5, 0.6) is 0 Å². The number of carbonyl (C=O) groups is 1. The van der Waals surface area contributed by atoms with Gasteiger partial charge in [-0.3, -0.25) is 10.1 Å². The number of nitro groups is 1. The Labute approximate surface area is 157 Å². The number of piperidine rings is 1. The van der Waals surface area contributed by atoms with Crippen molar-refractivity contribution in [1.82, 2.24) is 14.9 Å². The van der Waals surface area contributed by atoms with Crippen molar-refractivity contribution in [3.8, 4) is 0 Å². The molecule has 0 saturated carbocycles. The molecule has 1 N–H and O–H groups in total. The molecular weight excluding hydrogens is 358 g/mol. The minimum atomic E-state index is -0.530. The first-order chi connectivity index (χ1) is 12.2. The lowest BCUT2D eigenvalue weighted by Gasteiger charge is -2.34. The maximum atomic E-state index is 12.2. The van der Waals surface area contributed by atoms with E-state index in [0.29, 0.717) is 24.8 Å². The standard InChI is InChI=1S/C16H25N5O4S/c1-16(2,3)25-15(22)20-7-5-6-11(10-20)8-17-13-12(21(23)24)9-18-14(19-13)26-4/h9,11H,5-8,10H2,1-4H3,(H,17,18,19)/t11-/m0/s1. The van der Waals surface area contributed by atoms with Gasteiger partial charge in [0.1, 0.15) is 11.8 Å². The van der Waals surface area contributed by atoms with Gasteiger partial charge in [-0.1, -0.05) is 11.8 Å². The second kappa shape index (κ2) is 8.52. The van der Waals surface area contributed by atoms with Crippen molar-refractivity contribution >= 4 is 29.4 Å². The zero-order valence-electron chi connectivity index (χ0n) is 15.5. The fraction of sp³-hybridized carbons (Fsp3) is 0.688. The molecule has 0 aliphatic carbocycles. The van der Waals surface area contributed by atoms with Gasteiger partial charge >= 0.3 is 11.8 Å². The molecule has 2 heterocycles. The maximum Gasteiger partial charge on any atom is 0.410 e. The molecule has 26 heavy (non-hydrogen) atoms. The summed E-state index contributed by atoms with van der Waals surface area (Å²) in [7, 11) is 0. The van der Waals surface area contributed by atoms with E-state index < -0.39 is 10.5 Å². The molecule has 1 atom stereocenters. The van der Waals surface area contributed by atoms with Crippen LogP contribution in [0.25, 0.3) is 0 Å². The number of thioether (sulfide) groups is 1. The van der Waals surface area contributed by atoms with Crippen LogP contribution in [0.1, 0.15) is 33.6 Å². The van der Waals surface area contributed by atoms with Crippen molar-refractivity contribution in [1.29, 1.82) is 0 Å². The van der Waals surface area contributed by atoms with E-state index in [-0.39, 0.29) is 23.5 Å². The van der Waals surface area contributed by atoms with Crippen LogP contribution in [-0.2, 0) is 4.74 Å². The molecule has 1 aliphatic rings. The van der Waals surface area contributed by atoms with Crippen molar-refractivity contribution < 1.29 is 14.5 Å². The predicted octanol–water partition coefficient (Wildman–Crippen LogP) is 3.17. The van der Waals surface area contributed by atoms with Crippen LogP contribution in [0.3, 0.4) is 0 Å². The average molecular weight is 383 g/mol. The Morgan fingerprint density at radius 2 is 2.27 bits per heavy atom. The Morgan fingerprint density at radius 3 is 2.88 bits per heavy atom. The fourth-order valence-electron chi connectivity index (χ4n) is 2.69. The number of likely N-dealkylation sites (tertiary alicyclic amines) is 1.